The predicted molar refractivity (Wildman–Crippen MR) is 136 cm³/mol. The van der Waals surface area contributed by atoms with Gasteiger partial charge in [0.25, 0.3) is 0 Å². The summed E-state index contributed by atoms with van der Waals surface area (Å²) in [6, 6.07) is -0.379. The van der Waals surface area contributed by atoms with Gasteiger partial charge in [0.15, 0.2) is 6.10 Å². The van der Waals surface area contributed by atoms with Crippen LogP contribution < -0.4 is 0 Å². The number of esters is 1. The summed E-state index contributed by atoms with van der Waals surface area (Å²) in [4.78, 5) is 14.0. The lowest BCUT2D eigenvalue weighted by molar-refractivity contribution is -0.354. The lowest BCUT2D eigenvalue weighted by atomic mass is 9.49. The van der Waals surface area contributed by atoms with Crippen molar-refractivity contribution >= 4 is 5.97 Å². The van der Waals surface area contributed by atoms with Gasteiger partial charge in [-0.2, -0.15) is 0 Å². The molecule has 7 fully saturated rings. The van der Waals surface area contributed by atoms with Crippen LogP contribution in [-0.2, 0) is 14.3 Å². The normalized spacial score (nSPS) is 63.5. The average molecular weight is 552 g/mol. The van der Waals surface area contributed by atoms with E-state index in [0.29, 0.717) is 44.6 Å². The molecule has 4 aliphatic carbocycles. The Morgan fingerprint density at radius 2 is 1.62 bits per heavy atom. The summed E-state index contributed by atoms with van der Waals surface area (Å²) in [5, 5.41) is 73.3. The Morgan fingerprint density at radius 1 is 0.923 bits per heavy atom. The SMILES string of the molecule is CC(=O)O[C@H]1CC[C@@]2(C)C3CC[C@H]4C5(O)C[C@H](O)C6(O)[C@@H](CN7C[C@@H](C)CC[C@H]7[C@@]6(C)O)C5(O)CC42O[C@@]31O. The van der Waals surface area contributed by atoms with Gasteiger partial charge < -0.3 is 40.1 Å². The standard InChI is InChI=1S/C29H45NO9/c1-15-5-8-20-24(4,33)28(36)19(13-30(20)12-15)26(35)14-27-18(25(26,34)11-21(28)32)7-6-17-23(27,3)10-9-22(38-16(2)31)29(17,37)39-27/h15,17-22,32-37H,5-14H2,1-4H3/t15-,17?,18-,19-,20-,21-,22-,23-,24+,25?,26?,27?,28?,29-/m0/s1. The van der Waals surface area contributed by atoms with Crippen molar-refractivity contribution in [2.24, 2.45) is 29.1 Å². The van der Waals surface area contributed by atoms with Crippen molar-refractivity contribution in [2.75, 3.05) is 13.1 Å². The maximum Gasteiger partial charge on any atom is 0.303 e. The Hall–Kier alpha value is -0.850. The van der Waals surface area contributed by atoms with Crippen molar-refractivity contribution in [1.82, 2.24) is 4.90 Å². The molecule has 14 atom stereocenters. The molecule has 0 aromatic carbocycles. The van der Waals surface area contributed by atoms with Crippen LogP contribution in [0.3, 0.4) is 0 Å². The van der Waals surface area contributed by atoms with E-state index < -0.39 is 69.2 Å². The first kappa shape index (κ1) is 27.0. The van der Waals surface area contributed by atoms with Crippen LogP contribution in [0.25, 0.3) is 0 Å². The first-order chi connectivity index (χ1) is 18.0. The van der Waals surface area contributed by atoms with Crippen molar-refractivity contribution in [3.05, 3.63) is 0 Å². The van der Waals surface area contributed by atoms with Crippen LogP contribution in [0.15, 0.2) is 0 Å². The van der Waals surface area contributed by atoms with E-state index >= 15 is 0 Å². The van der Waals surface area contributed by atoms with E-state index in [9.17, 15) is 35.4 Å². The Kier molecular flexibility index (Phi) is 5.23. The zero-order valence-electron chi connectivity index (χ0n) is 23.5. The summed E-state index contributed by atoms with van der Waals surface area (Å²) in [5.74, 6) is -3.93. The van der Waals surface area contributed by atoms with Gasteiger partial charge in [0, 0.05) is 62.1 Å². The number of rotatable bonds is 1. The van der Waals surface area contributed by atoms with Gasteiger partial charge in [0.05, 0.1) is 11.7 Å². The zero-order chi connectivity index (χ0) is 28.2. The maximum absolute atomic E-state index is 12.8. The maximum atomic E-state index is 12.8. The molecule has 3 heterocycles. The van der Waals surface area contributed by atoms with Crippen molar-refractivity contribution in [1.29, 1.82) is 0 Å². The van der Waals surface area contributed by atoms with Crippen molar-refractivity contribution in [3.8, 4) is 0 Å². The van der Waals surface area contributed by atoms with E-state index in [-0.39, 0.29) is 31.3 Å². The van der Waals surface area contributed by atoms with Crippen LogP contribution in [0, 0.1) is 29.1 Å². The lowest BCUT2D eigenvalue weighted by Crippen LogP contribution is -2.85. The molecule has 0 amide bonds. The number of fused-ring (bicyclic) bond motifs is 5. The van der Waals surface area contributed by atoms with Crippen LogP contribution >= 0.6 is 0 Å². The van der Waals surface area contributed by atoms with Gasteiger partial charge in [-0.15, -0.1) is 0 Å². The van der Waals surface area contributed by atoms with Crippen LogP contribution in [0.5, 0.6) is 0 Å². The highest BCUT2D eigenvalue weighted by molar-refractivity contribution is 5.66. The number of carbonyl (C=O) groups is 1. The van der Waals surface area contributed by atoms with Crippen molar-refractivity contribution < 1.29 is 44.9 Å². The first-order valence-corrected chi connectivity index (χ1v) is 14.9. The molecule has 7 rings (SSSR count). The van der Waals surface area contributed by atoms with Gasteiger partial charge in [0.2, 0.25) is 5.79 Å². The lowest BCUT2D eigenvalue weighted by Gasteiger charge is -2.68. The third kappa shape index (κ3) is 2.75. The number of nitrogens with zero attached hydrogens (tertiary/aromatic N) is 1. The zero-order valence-corrected chi connectivity index (χ0v) is 23.5. The molecule has 3 saturated heterocycles. The highest BCUT2D eigenvalue weighted by Gasteiger charge is 2.88. The number of carbonyl (C=O) groups excluding carboxylic acids is 1. The third-order valence-electron chi connectivity index (χ3n) is 13.4. The molecule has 220 valence electrons. The molecule has 6 N–H and O–H groups in total. The van der Waals surface area contributed by atoms with Gasteiger partial charge in [-0.25, -0.2) is 0 Å². The van der Waals surface area contributed by atoms with Crippen LogP contribution in [0.2, 0.25) is 0 Å². The largest absolute Gasteiger partial charge is 0.457 e. The smallest absolute Gasteiger partial charge is 0.303 e. The van der Waals surface area contributed by atoms with Crippen molar-refractivity contribution in [2.45, 2.75) is 131 Å². The number of ether oxygens (including phenoxy) is 2. The Morgan fingerprint density at radius 3 is 2.31 bits per heavy atom. The summed E-state index contributed by atoms with van der Waals surface area (Å²) in [6.07, 6.45) is 0.797. The molecule has 4 bridgehead atoms. The fourth-order valence-corrected chi connectivity index (χ4v) is 11.6. The molecule has 0 aromatic heterocycles. The summed E-state index contributed by atoms with van der Waals surface area (Å²) in [7, 11) is 0. The number of hydrogen-bond donors (Lipinski definition) is 6. The summed E-state index contributed by atoms with van der Waals surface area (Å²) >= 11 is 0. The second-order valence-electron chi connectivity index (χ2n) is 14.9. The van der Waals surface area contributed by atoms with E-state index in [1.54, 1.807) is 6.92 Å². The Balaban J connectivity index is 1.36. The molecule has 5 unspecified atom stereocenters. The molecule has 7 aliphatic rings. The number of aliphatic hydroxyl groups excluding tert-OH is 1. The fraction of sp³-hybridized carbons (Fsp3) is 0.966. The fourth-order valence-electron chi connectivity index (χ4n) is 11.6. The Labute approximate surface area is 229 Å². The van der Waals surface area contributed by atoms with Gasteiger partial charge in [-0.3, -0.25) is 9.69 Å². The van der Waals surface area contributed by atoms with E-state index in [2.05, 4.69) is 11.8 Å². The molecule has 10 nitrogen and oxygen atoms in total. The van der Waals surface area contributed by atoms with Crippen LogP contribution in [0.4, 0.5) is 0 Å². The van der Waals surface area contributed by atoms with Gasteiger partial charge in [0.1, 0.15) is 22.4 Å². The molecule has 4 saturated carbocycles. The summed E-state index contributed by atoms with van der Waals surface area (Å²) in [6.45, 7) is 7.96. The topological polar surface area (TPSA) is 160 Å². The van der Waals surface area contributed by atoms with E-state index in [1.807, 2.05) is 6.92 Å². The molecule has 3 aliphatic heterocycles. The molecule has 10 heteroatoms. The highest BCUT2D eigenvalue weighted by atomic mass is 16.7. The Bertz CT molecular complexity index is 1100. The van der Waals surface area contributed by atoms with Crippen LogP contribution in [-0.4, -0.2) is 107 Å². The number of piperidine rings is 2. The minimum atomic E-state index is -2.05. The van der Waals surface area contributed by atoms with E-state index in [0.717, 1.165) is 6.42 Å². The molecule has 0 radical (unpaired) electrons. The molecular weight excluding hydrogens is 506 g/mol. The van der Waals surface area contributed by atoms with Gasteiger partial charge in [-0.05, 0) is 51.4 Å². The average Bonchev–Trinajstić information content (AvgIpc) is 3.01. The van der Waals surface area contributed by atoms with Crippen LogP contribution in [0.1, 0.15) is 79.1 Å². The second kappa shape index (κ2) is 7.56. The second-order valence-corrected chi connectivity index (χ2v) is 14.9. The molecule has 39 heavy (non-hydrogen) atoms. The monoisotopic (exact) mass is 551 g/mol. The summed E-state index contributed by atoms with van der Waals surface area (Å²) < 4.78 is 12.2. The van der Waals surface area contributed by atoms with E-state index in [1.165, 1.54) is 6.92 Å². The van der Waals surface area contributed by atoms with Crippen molar-refractivity contribution in [3.63, 3.8) is 0 Å². The first-order valence-electron chi connectivity index (χ1n) is 14.9. The number of aliphatic hydroxyl groups is 6. The molecule has 0 aromatic rings. The molecule has 1 spiro atoms. The van der Waals surface area contributed by atoms with Gasteiger partial charge in [-0.1, -0.05) is 13.8 Å². The number of hydrogen-bond acceptors (Lipinski definition) is 10. The minimum absolute atomic E-state index is 0.0485. The third-order valence-corrected chi connectivity index (χ3v) is 13.4. The summed E-state index contributed by atoms with van der Waals surface area (Å²) in [5.41, 5.74) is -9.28. The quantitative estimate of drug-likeness (QED) is 0.246. The van der Waals surface area contributed by atoms with Gasteiger partial charge >= 0.3 is 5.97 Å². The highest BCUT2D eigenvalue weighted by Crippen LogP contribution is 2.78. The van der Waals surface area contributed by atoms with E-state index in [4.69, 9.17) is 9.47 Å². The minimum Gasteiger partial charge on any atom is -0.457 e. The molecular formula is C29H45NO9. The predicted octanol–water partition coefficient (Wildman–Crippen LogP) is 0.0449.